The Bertz CT molecular complexity index is 707. The van der Waals surface area contributed by atoms with E-state index in [2.05, 4.69) is 37.2 Å². The van der Waals surface area contributed by atoms with Crippen molar-refractivity contribution in [2.45, 2.75) is 0 Å². The molecule has 0 atom stereocenters. The van der Waals surface area contributed by atoms with Crippen molar-refractivity contribution in [1.82, 2.24) is 0 Å². The van der Waals surface area contributed by atoms with Gasteiger partial charge in [-0.2, -0.15) is 0 Å². The van der Waals surface area contributed by atoms with E-state index in [-0.39, 0.29) is 11.4 Å². The van der Waals surface area contributed by atoms with Gasteiger partial charge in [0.1, 0.15) is 5.75 Å². The lowest BCUT2D eigenvalue weighted by Crippen LogP contribution is -1.99. The third-order valence-corrected chi connectivity index (χ3v) is 4.03. The number of rotatable bonds is 4. The van der Waals surface area contributed by atoms with E-state index in [0.717, 1.165) is 14.6 Å². The fourth-order valence-electron chi connectivity index (χ4n) is 1.70. The van der Waals surface area contributed by atoms with Gasteiger partial charge in [0.2, 0.25) is 0 Å². The van der Waals surface area contributed by atoms with Gasteiger partial charge in [-0.1, -0.05) is 0 Å². The monoisotopic (exact) mass is 415 g/mol. The average Bonchev–Trinajstić information content (AvgIpc) is 2.43. The summed E-state index contributed by atoms with van der Waals surface area (Å²) in [6.45, 7) is 0. The number of benzene rings is 2. The summed E-state index contributed by atoms with van der Waals surface area (Å²) in [5.74, 6) is 0.654. The molecule has 0 fully saturated rings. The molecule has 0 aliphatic rings. The van der Waals surface area contributed by atoms with Gasteiger partial charge in [0, 0.05) is 22.7 Å². The number of hydrogen-bond acceptors (Lipinski definition) is 5. The molecule has 0 saturated carbocycles. The third-order valence-electron chi connectivity index (χ3n) is 2.76. The smallest absolute Gasteiger partial charge is 0.271 e. The third kappa shape index (κ3) is 3.45. The Labute approximate surface area is 137 Å². The first kappa shape index (κ1) is 15.6. The van der Waals surface area contributed by atoms with E-state index < -0.39 is 4.92 Å². The number of ether oxygens (including phenoxy) is 1. The number of nitrogen functional groups attached to an aromatic ring is 1. The van der Waals surface area contributed by atoms with Crippen molar-refractivity contribution in [3.8, 4) is 5.75 Å². The van der Waals surface area contributed by atoms with Gasteiger partial charge in [0.25, 0.3) is 5.69 Å². The maximum Gasteiger partial charge on any atom is 0.271 e. The summed E-state index contributed by atoms with van der Waals surface area (Å²) < 4.78 is 6.83. The lowest BCUT2D eigenvalue weighted by molar-refractivity contribution is -0.384. The molecule has 8 heteroatoms. The van der Waals surface area contributed by atoms with Crippen molar-refractivity contribution < 1.29 is 9.66 Å². The van der Waals surface area contributed by atoms with Crippen LogP contribution in [0.1, 0.15) is 0 Å². The highest BCUT2D eigenvalue weighted by Gasteiger charge is 2.11. The van der Waals surface area contributed by atoms with Crippen LogP contribution in [0.2, 0.25) is 0 Å². The van der Waals surface area contributed by atoms with E-state index in [1.54, 1.807) is 19.2 Å². The summed E-state index contributed by atoms with van der Waals surface area (Å²) in [6, 6.07) is 7.89. The number of hydrogen-bond donors (Lipinski definition) is 2. The molecule has 0 bridgehead atoms. The Morgan fingerprint density at radius 1 is 1.19 bits per heavy atom. The lowest BCUT2D eigenvalue weighted by Gasteiger charge is -2.13. The molecule has 110 valence electrons. The number of methoxy groups -OCH3 is 1. The topological polar surface area (TPSA) is 90.4 Å². The van der Waals surface area contributed by atoms with Gasteiger partial charge < -0.3 is 15.8 Å². The van der Waals surface area contributed by atoms with Gasteiger partial charge in [-0.25, -0.2) is 0 Å². The lowest BCUT2D eigenvalue weighted by atomic mass is 10.2. The summed E-state index contributed by atoms with van der Waals surface area (Å²) in [6.07, 6.45) is 0. The Morgan fingerprint density at radius 2 is 1.90 bits per heavy atom. The highest BCUT2D eigenvalue weighted by Crippen LogP contribution is 2.37. The molecule has 0 unspecified atom stereocenters. The first-order valence-electron chi connectivity index (χ1n) is 5.76. The number of nitro groups is 1. The number of nitro benzene ring substituents is 1. The van der Waals surface area contributed by atoms with Crippen molar-refractivity contribution in [3.05, 3.63) is 49.4 Å². The molecule has 0 radical (unpaired) electrons. The SMILES string of the molecule is COc1cc(Nc2ccc([N+](=O)[O-])cc2N)c(Br)cc1Br. The Balaban J connectivity index is 2.36. The molecule has 0 aromatic heterocycles. The fourth-order valence-corrected chi connectivity index (χ4v) is 2.96. The van der Waals surface area contributed by atoms with E-state index in [4.69, 9.17) is 10.5 Å². The largest absolute Gasteiger partial charge is 0.495 e. The zero-order chi connectivity index (χ0) is 15.6. The Morgan fingerprint density at radius 3 is 2.48 bits per heavy atom. The summed E-state index contributed by atoms with van der Waals surface area (Å²) in [7, 11) is 1.57. The normalized spacial score (nSPS) is 10.2. The summed E-state index contributed by atoms with van der Waals surface area (Å²) >= 11 is 6.82. The van der Waals surface area contributed by atoms with Crippen LogP contribution in [-0.2, 0) is 0 Å². The zero-order valence-electron chi connectivity index (χ0n) is 10.9. The minimum absolute atomic E-state index is 0.0505. The Kier molecular flexibility index (Phi) is 4.69. The van der Waals surface area contributed by atoms with Crippen LogP contribution in [0.25, 0.3) is 0 Å². The van der Waals surface area contributed by atoms with Gasteiger partial charge in [-0.3, -0.25) is 10.1 Å². The quantitative estimate of drug-likeness (QED) is 0.436. The van der Waals surface area contributed by atoms with E-state index >= 15 is 0 Å². The molecule has 2 rings (SSSR count). The van der Waals surface area contributed by atoms with E-state index in [1.807, 2.05) is 6.07 Å². The number of nitrogens with two attached hydrogens (primary N) is 1. The average molecular weight is 417 g/mol. The van der Waals surface area contributed by atoms with Gasteiger partial charge in [-0.15, -0.1) is 0 Å². The molecule has 0 aliphatic carbocycles. The van der Waals surface area contributed by atoms with Crippen LogP contribution >= 0.6 is 31.9 Å². The van der Waals surface area contributed by atoms with Crippen molar-refractivity contribution in [2.24, 2.45) is 0 Å². The number of nitrogens with zero attached hydrogens (tertiary/aromatic N) is 1. The molecule has 2 aromatic carbocycles. The maximum absolute atomic E-state index is 10.7. The summed E-state index contributed by atoms with van der Waals surface area (Å²) in [4.78, 5) is 10.2. The first-order valence-corrected chi connectivity index (χ1v) is 7.35. The summed E-state index contributed by atoms with van der Waals surface area (Å²) in [5, 5.41) is 13.8. The fraction of sp³-hybridized carbons (Fsp3) is 0.0769. The zero-order valence-corrected chi connectivity index (χ0v) is 14.1. The minimum Gasteiger partial charge on any atom is -0.495 e. The highest BCUT2D eigenvalue weighted by molar-refractivity contribution is 9.11. The molecular formula is C13H11Br2N3O3. The van der Waals surface area contributed by atoms with Gasteiger partial charge in [-0.05, 0) is 44.0 Å². The van der Waals surface area contributed by atoms with Crippen LogP contribution in [0.5, 0.6) is 5.75 Å². The predicted octanol–water partition coefficient (Wildman–Crippen LogP) is 4.45. The molecule has 0 amide bonds. The van der Waals surface area contributed by atoms with Gasteiger partial charge in [0.05, 0.1) is 33.6 Å². The van der Waals surface area contributed by atoms with Crippen molar-refractivity contribution in [3.63, 3.8) is 0 Å². The van der Waals surface area contributed by atoms with Crippen LogP contribution in [0.4, 0.5) is 22.7 Å². The molecule has 0 heterocycles. The van der Waals surface area contributed by atoms with Crippen molar-refractivity contribution in [2.75, 3.05) is 18.2 Å². The van der Waals surface area contributed by atoms with Crippen LogP contribution in [-0.4, -0.2) is 12.0 Å². The molecule has 0 aliphatic heterocycles. The van der Waals surface area contributed by atoms with Crippen LogP contribution < -0.4 is 15.8 Å². The second-order valence-corrected chi connectivity index (χ2v) is 5.83. The number of non-ortho nitro benzene ring substituents is 1. The second-order valence-electron chi connectivity index (χ2n) is 4.12. The maximum atomic E-state index is 10.7. The summed E-state index contributed by atoms with van der Waals surface area (Å²) in [5.41, 5.74) is 7.38. The molecule has 2 aromatic rings. The second kappa shape index (κ2) is 6.31. The van der Waals surface area contributed by atoms with E-state index in [9.17, 15) is 10.1 Å². The predicted molar refractivity (Wildman–Crippen MR) is 89.2 cm³/mol. The molecule has 6 nitrogen and oxygen atoms in total. The van der Waals surface area contributed by atoms with Crippen LogP contribution in [0.15, 0.2) is 39.3 Å². The number of anilines is 3. The van der Waals surface area contributed by atoms with Crippen molar-refractivity contribution >= 4 is 54.6 Å². The van der Waals surface area contributed by atoms with Crippen LogP contribution in [0.3, 0.4) is 0 Å². The number of halogens is 2. The first-order chi connectivity index (χ1) is 9.92. The molecule has 0 saturated heterocycles. The molecule has 3 N–H and O–H groups in total. The van der Waals surface area contributed by atoms with Gasteiger partial charge >= 0.3 is 0 Å². The molecule has 0 spiro atoms. The highest BCUT2D eigenvalue weighted by atomic mass is 79.9. The molecule has 21 heavy (non-hydrogen) atoms. The van der Waals surface area contributed by atoms with Crippen molar-refractivity contribution in [1.29, 1.82) is 0 Å². The molecular weight excluding hydrogens is 406 g/mol. The standard InChI is InChI=1S/C13H11Br2N3O3/c1-21-13-6-12(8(14)5-9(13)15)17-11-3-2-7(18(19)20)4-10(11)16/h2-6,17H,16H2,1H3. The van der Waals surface area contributed by atoms with E-state index in [1.165, 1.54) is 12.1 Å². The number of nitrogens with one attached hydrogen (secondary N) is 1. The van der Waals surface area contributed by atoms with Gasteiger partial charge in [0.15, 0.2) is 0 Å². The van der Waals surface area contributed by atoms with E-state index in [0.29, 0.717) is 11.4 Å². The minimum atomic E-state index is -0.487. The van der Waals surface area contributed by atoms with Crippen LogP contribution in [0, 0.1) is 10.1 Å². The Hall–Kier alpha value is -1.80.